The molecule has 0 aliphatic carbocycles. The Labute approximate surface area is 102 Å². The summed E-state index contributed by atoms with van der Waals surface area (Å²) in [5.74, 6) is 1.27. The summed E-state index contributed by atoms with van der Waals surface area (Å²) >= 11 is 0. The highest BCUT2D eigenvalue weighted by Crippen LogP contribution is 2.37. The zero-order valence-electron chi connectivity index (χ0n) is 10.5. The SMILES string of the molecule is CC(C)C1/C(=C/c2ccccc2)OC(=O)C1C. The predicted octanol–water partition coefficient (Wildman–Crippen LogP) is 3.49. The maximum atomic E-state index is 11.6. The maximum absolute atomic E-state index is 11.6. The molecule has 1 aromatic carbocycles. The zero-order valence-corrected chi connectivity index (χ0v) is 10.5. The zero-order chi connectivity index (χ0) is 12.4. The van der Waals surface area contributed by atoms with Crippen LogP contribution in [0.15, 0.2) is 36.1 Å². The minimum atomic E-state index is -0.106. The molecule has 1 aliphatic rings. The van der Waals surface area contributed by atoms with E-state index in [1.807, 2.05) is 43.3 Å². The van der Waals surface area contributed by atoms with Crippen LogP contribution in [0.1, 0.15) is 26.3 Å². The summed E-state index contributed by atoms with van der Waals surface area (Å²) in [6.45, 7) is 6.20. The van der Waals surface area contributed by atoms with E-state index in [0.29, 0.717) is 5.92 Å². The fraction of sp³-hybridized carbons (Fsp3) is 0.400. The first-order valence-electron chi connectivity index (χ1n) is 6.08. The number of allylic oxidation sites excluding steroid dienone is 1. The van der Waals surface area contributed by atoms with Gasteiger partial charge in [0.15, 0.2) is 0 Å². The molecule has 0 N–H and O–H groups in total. The van der Waals surface area contributed by atoms with Gasteiger partial charge in [-0.2, -0.15) is 0 Å². The van der Waals surface area contributed by atoms with Crippen molar-refractivity contribution in [2.24, 2.45) is 17.8 Å². The Morgan fingerprint density at radius 1 is 1.24 bits per heavy atom. The van der Waals surface area contributed by atoms with Gasteiger partial charge in [0.05, 0.1) is 5.92 Å². The van der Waals surface area contributed by atoms with E-state index in [9.17, 15) is 4.79 Å². The van der Waals surface area contributed by atoms with Crippen LogP contribution in [-0.2, 0) is 9.53 Å². The van der Waals surface area contributed by atoms with Crippen LogP contribution in [0.3, 0.4) is 0 Å². The highest BCUT2D eigenvalue weighted by Gasteiger charge is 2.39. The fourth-order valence-corrected chi connectivity index (χ4v) is 2.42. The normalized spacial score (nSPS) is 26.6. The van der Waals surface area contributed by atoms with Gasteiger partial charge in [-0.1, -0.05) is 51.1 Å². The van der Waals surface area contributed by atoms with E-state index in [1.54, 1.807) is 0 Å². The Kier molecular flexibility index (Phi) is 3.32. The molecule has 2 heteroatoms. The van der Waals surface area contributed by atoms with Crippen LogP contribution in [0.5, 0.6) is 0 Å². The van der Waals surface area contributed by atoms with Crippen molar-refractivity contribution < 1.29 is 9.53 Å². The van der Waals surface area contributed by atoms with E-state index in [1.165, 1.54) is 0 Å². The molecule has 1 aromatic rings. The van der Waals surface area contributed by atoms with Gasteiger partial charge in [0, 0.05) is 5.92 Å². The molecule has 2 atom stereocenters. The second-order valence-electron chi connectivity index (χ2n) is 4.94. The Hall–Kier alpha value is -1.57. The number of carbonyl (C=O) groups is 1. The minimum Gasteiger partial charge on any atom is -0.430 e. The third-order valence-electron chi connectivity index (χ3n) is 3.28. The van der Waals surface area contributed by atoms with Crippen LogP contribution in [0.25, 0.3) is 6.08 Å². The molecule has 0 aromatic heterocycles. The average molecular weight is 230 g/mol. The van der Waals surface area contributed by atoms with Crippen LogP contribution >= 0.6 is 0 Å². The van der Waals surface area contributed by atoms with Gasteiger partial charge >= 0.3 is 5.97 Å². The molecular formula is C15H18O2. The summed E-state index contributed by atoms with van der Waals surface area (Å²) in [6, 6.07) is 9.97. The van der Waals surface area contributed by atoms with Gasteiger partial charge in [0.1, 0.15) is 5.76 Å². The van der Waals surface area contributed by atoms with E-state index in [-0.39, 0.29) is 17.8 Å². The molecule has 1 heterocycles. The van der Waals surface area contributed by atoms with Gasteiger partial charge in [-0.25, -0.2) is 0 Å². The van der Waals surface area contributed by atoms with Gasteiger partial charge in [0.25, 0.3) is 0 Å². The summed E-state index contributed by atoms with van der Waals surface area (Å²) in [7, 11) is 0. The number of hydrogen-bond acceptors (Lipinski definition) is 2. The summed E-state index contributed by atoms with van der Waals surface area (Å²) in [4.78, 5) is 11.6. The summed E-state index contributed by atoms with van der Waals surface area (Å²) in [5, 5.41) is 0. The van der Waals surface area contributed by atoms with Gasteiger partial charge < -0.3 is 4.74 Å². The molecule has 0 radical (unpaired) electrons. The van der Waals surface area contributed by atoms with Crippen molar-refractivity contribution in [3.05, 3.63) is 41.7 Å². The van der Waals surface area contributed by atoms with Crippen LogP contribution in [-0.4, -0.2) is 5.97 Å². The lowest BCUT2D eigenvalue weighted by atomic mass is 9.84. The first kappa shape index (κ1) is 11.9. The van der Waals surface area contributed by atoms with E-state index in [2.05, 4.69) is 13.8 Å². The number of rotatable bonds is 2. The third kappa shape index (κ3) is 2.41. The lowest BCUT2D eigenvalue weighted by molar-refractivity contribution is -0.138. The van der Waals surface area contributed by atoms with Crippen molar-refractivity contribution in [1.29, 1.82) is 0 Å². The van der Waals surface area contributed by atoms with E-state index < -0.39 is 0 Å². The van der Waals surface area contributed by atoms with E-state index in [4.69, 9.17) is 4.74 Å². The number of carbonyl (C=O) groups excluding carboxylic acids is 1. The van der Waals surface area contributed by atoms with Crippen molar-refractivity contribution >= 4 is 12.0 Å². The van der Waals surface area contributed by atoms with E-state index in [0.717, 1.165) is 11.3 Å². The Balaban J connectivity index is 2.32. The predicted molar refractivity (Wildman–Crippen MR) is 68.0 cm³/mol. The molecule has 1 aliphatic heterocycles. The second-order valence-corrected chi connectivity index (χ2v) is 4.94. The monoisotopic (exact) mass is 230 g/mol. The topological polar surface area (TPSA) is 26.3 Å². The maximum Gasteiger partial charge on any atom is 0.314 e. The second kappa shape index (κ2) is 4.74. The Morgan fingerprint density at radius 3 is 2.47 bits per heavy atom. The fourth-order valence-electron chi connectivity index (χ4n) is 2.42. The molecular weight excluding hydrogens is 212 g/mol. The highest BCUT2D eigenvalue weighted by atomic mass is 16.5. The number of cyclic esters (lactones) is 1. The van der Waals surface area contributed by atoms with E-state index >= 15 is 0 Å². The summed E-state index contributed by atoms with van der Waals surface area (Å²) < 4.78 is 5.37. The van der Waals surface area contributed by atoms with Gasteiger partial charge in [-0.15, -0.1) is 0 Å². The number of hydrogen-bond donors (Lipinski definition) is 0. The standard InChI is InChI=1S/C15H18O2/c1-10(2)14-11(3)15(16)17-13(14)9-12-7-5-4-6-8-12/h4-11,14H,1-3H3/b13-9-. The molecule has 0 spiro atoms. The molecule has 0 bridgehead atoms. The highest BCUT2D eigenvalue weighted by molar-refractivity contribution is 5.78. The van der Waals surface area contributed by atoms with Crippen molar-refractivity contribution in [3.8, 4) is 0 Å². The van der Waals surface area contributed by atoms with Crippen LogP contribution in [0.4, 0.5) is 0 Å². The largest absolute Gasteiger partial charge is 0.430 e. The molecule has 17 heavy (non-hydrogen) atoms. The van der Waals surface area contributed by atoms with Crippen molar-refractivity contribution in [2.75, 3.05) is 0 Å². The Bertz CT molecular complexity index is 431. The van der Waals surface area contributed by atoms with Crippen molar-refractivity contribution in [2.45, 2.75) is 20.8 Å². The smallest absolute Gasteiger partial charge is 0.314 e. The molecule has 90 valence electrons. The lowest BCUT2D eigenvalue weighted by Gasteiger charge is -2.16. The number of esters is 1. The van der Waals surface area contributed by atoms with Gasteiger partial charge in [-0.05, 0) is 17.6 Å². The average Bonchev–Trinajstić information content (AvgIpc) is 2.56. The third-order valence-corrected chi connectivity index (χ3v) is 3.28. The van der Waals surface area contributed by atoms with Crippen LogP contribution < -0.4 is 0 Å². The quantitative estimate of drug-likeness (QED) is 0.727. The molecule has 2 rings (SSSR count). The molecule has 0 amide bonds. The number of ether oxygens (including phenoxy) is 1. The van der Waals surface area contributed by atoms with Crippen molar-refractivity contribution in [3.63, 3.8) is 0 Å². The van der Waals surface area contributed by atoms with Crippen molar-refractivity contribution in [1.82, 2.24) is 0 Å². The molecule has 1 fully saturated rings. The minimum absolute atomic E-state index is 0.0371. The number of benzene rings is 1. The molecule has 1 saturated heterocycles. The molecule has 0 saturated carbocycles. The molecule has 2 unspecified atom stereocenters. The van der Waals surface area contributed by atoms with Gasteiger partial charge in [0.2, 0.25) is 0 Å². The molecule has 2 nitrogen and oxygen atoms in total. The summed E-state index contributed by atoms with van der Waals surface area (Å²) in [6.07, 6.45) is 1.98. The van der Waals surface area contributed by atoms with Crippen LogP contribution in [0.2, 0.25) is 0 Å². The van der Waals surface area contributed by atoms with Crippen LogP contribution in [0, 0.1) is 17.8 Å². The lowest BCUT2D eigenvalue weighted by Crippen LogP contribution is -2.16. The Morgan fingerprint density at radius 2 is 1.88 bits per heavy atom. The first-order chi connectivity index (χ1) is 8.09. The first-order valence-corrected chi connectivity index (χ1v) is 6.08. The van der Waals surface area contributed by atoms with Gasteiger partial charge in [-0.3, -0.25) is 4.79 Å². The summed E-state index contributed by atoms with van der Waals surface area (Å²) in [5.41, 5.74) is 1.08.